The number of nitrogen functional groups attached to an aromatic ring is 1. The molecule has 1 aromatic carbocycles. The van der Waals surface area contributed by atoms with E-state index in [1.165, 1.54) is 25.3 Å². The number of fused-ring (bicyclic) bond motifs is 1. The van der Waals surface area contributed by atoms with E-state index in [4.69, 9.17) is 5.73 Å². The molecule has 0 aliphatic carbocycles. The maximum atomic E-state index is 13.7. The van der Waals surface area contributed by atoms with Crippen molar-refractivity contribution in [2.24, 2.45) is 5.92 Å². The lowest BCUT2D eigenvalue weighted by Crippen LogP contribution is -2.12. The van der Waals surface area contributed by atoms with E-state index in [9.17, 15) is 4.39 Å². The Balaban J connectivity index is 2.29. The molecule has 0 aliphatic heterocycles. The van der Waals surface area contributed by atoms with E-state index < -0.39 is 0 Å². The van der Waals surface area contributed by atoms with E-state index >= 15 is 0 Å². The summed E-state index contributed by atoms with van der Waals surface area (Å²) < 4.78 is 15.6. The van der Waals surface area contributed by atoms with Gasteiger partial charge >= 0.3 is 0 Å². The van der Waals surface area contributed by atoms with Gasteiger partial charge in [0.2, 0.25) is 5.95 Å². The predicted molar refractivity (Wildman–Crippen MR) is 77.4 cm³/mol. The van der Waals surface area contributed by atoms with Crippen LogP contribution < -0.4 is 5.73 Å². The quantitative estimate of drug-likeness (QED) is 0.856. The lowest BCUT2D eigenvalue weighted by atomic mass is 9.99. The molecule has 19 heavy (non-hydrogen) atoms. The first-order valence-electron chi connectivity index (χ1n) is 7.07. The molecule has 104 valence electrons. The van der Waals surface area contributed by atoms with Gasteiger partial charge in [-0.2, -0.15) is 0 Å². The van der Waals surface area contributed by atoms with Crippen molar-refractivity contribution in [3.63, 3.8) is 0 Å². The van der Waals surface area contributed by atoms with Gasteiger partial charge in [-0.3, -0.25) is 0 Å². The Labute approximate surface area is 113 Å². The summed E-state index contributed by atoms with van der Waals surface area (Å²) in [7, 11) is 0. The minimum Gasteiger partial charge on any atom is -0.369 e. The molecule has 1 aromatic heterocycles. The predicted octanol–water partition coefficient (Wildman–Crippen LogP) is 3.97. The lowest BCUT2D eigenvalue weighted by Gasteiger charge is -2.16. The second kappa shape index (κ2) is 6.04. The van der Waals surface area contributed by atoms with Gasteiger partial charge in [-0.1, -0.05) is 39.2 Å². The number of anilines is 1. The number of unbranched alkanes of at least 4 members (excludes halogenated alkanes) is 1. The number of imidazole rings is 1. The van der Waals surface area contributed by atoms with Crippen LogP contribution in [0.3, 0.4) is 0 Å². The van der Waals surface area contributed by atoms with Crippen LogP contribution in [0.25, 0.3) is 11.0 Å². The zero-order valence-corrected chi connectivity index (χ0v) is 11.7. The SMILES string of the molecule is CCCCC(CC)Cn1c(N)nc2c(F)cccc21. The second-order valence-electron chi connectivity index (χ2n) is 5.10. The Kier molecular flexibility index (Phi) is 4.40. The molecule has 1 unspecified atom stereocenters. The molecule has 2 aromatic rings. The molecule has 0 radical (unpaired) electrons. The van der Waals surface area contributed by atoms with Crippen molar-refractivity contribution in [1.82, 2.24) is 9.55 Å². The molecule has 2 N–H and O–H groups in total. The number of hydrogen-bond donors (Lipinski definition) is 1. The van der Waals surface area contributed by atoms with Crippen LogP contribution in [0.2, 0.25) is 0 Å². The first-order chi connectivity index (χ1) is 9.17. The van der Waals surface area contributed by atoms with Crippen LogP contribution in [0, 0.1) is 11.7 Å². The van der Waals surface area contributed by atoms with Gasteiger partial charge in [-0.05, 0) is 24.5 Å². The van der Waals surface area contributed by atoms with E-state index in [0.717, 1.165) is 18.5 Å². The number of nitrogens with zero attached hydrogens (tertiary/aromatic N) is 2. The Morgan fingerprint density at radius 1 is 1.37 bits per heavy atom. The van der Waals surface area contributed by atoms with Gasteiger partial charge in [0.15, 0.2) is 5.82 Å². The molecule has 3 nitrogen and oxygen atoms in total. The minimum absolute atomic E-state index is 0.301. The third-order valence-electron chi connectivity index (χ3n) is 3.74. The topological polar surface area (TPSA) is 43.8 Å². The number of hydrogen-bond acceptors (Lipinski definition) is 2. The van der Waals surface area contributed by atoms with Crippen LogP contribution in [0.5, 0.6) is 0 Å². The molecule has 0 fully saturated rings. The largest absolute Gasteiger partial charge is 0.369 e. The molecule has 0 amide bonds. The monoisotopic (exact) mass is 263 g/mol. The van der Waals surface area contributed by atoms with Crippen LogP contribution in [0.15, 0.2) is 18.2 Å². The van der Waals surface area contributed by atoms with E-state index in [-0.39, 0.29) is 5.82 Å². The number of para-hydroxylation sites is 1. The van der Waals surface area contributed by atoms with Gasteiger partial charge < -0.3 is 10.3 Å². The van der Waals surface area contributed by atoms with Crippen molar-refractivity contribution in [2.45, 2.75) is 46.1 Å². The molecule has 0 spiro atoms. The summed E-state index contributed by atoms with van der Waals surface area (Å²) in [5.41, 5.74) is 7.12. The number of nitrogens with two attached hydrogens (primary N) is 1. The van der Waals surface area contributed by atoms with Crippen LogP contribution in [-0.4, -0.2) is 9.55 Å². The Bertz CT molecular complexity index is 548. The fraction of sp³-hybridized carbons (Fsp3) is 0.533. The molecule has 0 saturated carbocycles. The van der Waals surface area contributed by atoms with Gasteiger partial charge in [-0.25, -0.2) is 9.37 Å². The number of rotatable bonds is 6. The summed E-state index contributed by atoms with van der Waals surface area (Å²) in [5.74, 6) is 0.683. The molecule has 1 heterocycles. The van der Waals surface area contributed by atoms with E-state index in [1.54, 1.807) is 6.07 Å². The molecular formula is C15H22FN3. The number of benzene rings is 1. The van der Waals surface area contributed by atoms with E-state index in [0.29, 0.717) is 17.4 Å². The van der Waals surface area contributed by atoms with Crippen LogP contribution >= 0.6 is 0 Å². The Morgan fingerprint density at radius 3 is 2.84 bits per heavy atom. The first kappa shape index (κ1) is 13.8. The van der Waals surface area contributed by atoms with Crippen LogP contribution in [0.4, 0.5) is 10.3 Å². The average molecular weight is 263 g/mol. The van der Waals surface area contributed by atoms with Gasteiger partial charge in [0, 0.05) is 6.54 Å². The molecule has 2 rings (SSSR count). The summed E-state index contributed by atoms with van der Waals surface area (Å²) in [6.45, 7) is 5.21. The maximum Gasteiger partial charge on any atom is 0.201 e. The fourth-order valence-corrected chi connectivity index (χ4v) is 2.50. The normalized spacial score (nSPS) is 13.0. The van der Waals surface area contributed by atoms with E-state index in [1.807, 2.05) is 10.6 Å². The van der Waals surface area contributed by atoms with Gasteiger partial charge in [0.25, 0.3) is 0 Å². The van der Waals surface area contributed by atoms with E-state index in [2.05, 4.69) is 18.8 Å². The van der Waals surface area contributed by atoms with Crippen LogP contribution in [-0.2, 0) is 6.54 Å². The highest BCUT2D eigenvalue weighted by molar-refractivity contribution is 5.78. The van der Waals surface area contributed by atoms with Gasteiger partial charge in [-0.15, -0.1) is 0 Å². The highest BCUT2D eigenvalue weighted by Gasteiger charge is 2.14. The van der Waals surface area contributed by atoms with Crippen molar-refractivity contribution >= 4 is 17.0 Å². The summed E-state index contributed by atoms with van der Waals surface area (Å²) in [5, 5.41) is 0. The van der Waals surface area contributed by atoms with Crippen LogP contribution in [0.1, 0.15) is 39.5 Å². The molecule has 0 saturated heterocycles. The Hall–Kier alpha value is -1.58. The maximum absolute atomic E-state index is 13.7. The van der Waals surface area contributed by atoms with Crippen molar-refractivity contribution in [3.05, 3.63) is 24.0 Å². The second-order valence-corrected chi connectivity index (χ2v) is 5.10. The number of aromatic nitrogens is 2. The average Bonchev–Trinajstić information content (AvgIpc) is 2.72. The standard InChI is InChI=1S/C15H22FN3/c1-3-5-7-11(4-2)10-19-13-9-6-8-12(16)14(13)18-15(19)17/h6,8-9,11H,3-5,7,10H2,1-2H3,(H2,17,18). The summed E-state index contributed by atoms with van der Waals surface area (Å²) >= 11 is 0. The van der Waals surface area contributed by atoms with Crippen molar-refractivity contribution < 1.29 is 4.39 Å². The lowest BCUT2D eigenvalue weighted by molar-refractivity contribution is 0.397. The zero-order valence-electron chi connectivity index (χ0n) is 11.7. The van der Waals surface area contributed by atoms with Crippen molar-refractivity contribution in [2.75, 3.05) is 5.73 Å². The third-order valence-corrected chi connectivity index (χ3v) is 3.74. The van der Waals surface area contributed by atoms with Crippen molar-refractivity contribution in [3.8, 4) is 0 Å². The Morgan fingerprint density at radius 2 is 2.16 bits per heavy atom. The highest BCUT2D eigenvalue weighted by atomic mass is 19.1. The molecule has 1 atom stereocenters. The first-order valence-corrected chi connectivity index (χ1v) is 7.07. The summed E-state index contributed by atoms with van der Waals surface area (Å²) in [6, 6.07) is 5.02. The summed E-state index contributed by atoms with van der Waals surface area (Å²) in [6.07, 6.45) is 4.71. The zero-order chi connectivity index (χ0) is 13.8. The number of halogens is 1. The summed E-state index contributed by atoms with van der Waals surface area (Å²) in [4.78, 5) is 4.15. The van der Waals surface area contributed by atoms with Gasteiger partial charge in [0.1, 0.15) is 5.52 Å². The molecular weight excluding hydrogens is 241 g/mol. The fourth-order valence-electron chi connectivity index (χ4n) is 2.50. The minimum atomic E-state index is -0.301. The van der Waals surface area contributed by atoms with Gasteiger partial charge in [0.05, 0.1) is 5.52 Å². The highest BCUT2D eigenvalue weighted by Crippen LogP contribution is 2.24. The molecule has 0 bridgehead atoms. The molecule has 4 heteroatoms. The third kappa shape index (κ3) is 2.88. The smallest absolute Gasteiger partial charge is 0.201 e. The van der Waals surface area contributed by atoms with Crippen molar-refractivity contribution in [1.29, 1.82) is 0 Å². The molecule has 0 aliphatic rings.